The van der Waals surface area contributed by atoms with Crippen molar-refractivity contribution in [2.75, 3.05) is 18.5 Å². The first-order chi connectivity index (χ1) is 9.52. The van der Waals surface area contributed by atoms with Gasteiger partial charge in [-0.05, 0) is 42.8 Å². The molecule has 2 aromatic rings. The number of hydrogen-bond donors (Lipinski definition) is 1. The molecule has 106 valence electrons. The van der Waals surface area contributed by atoms with Crippen molar-refractivity contribution < 1.29 is 0 Å². The Morgan fingerprint density at radius 2 is 1.85 bits per heavy atom. The lowest BCUT2D eigenvalue weighted by atomic mass is 10.0. The van der Waals surface area contributed by atoms with Crippen LogP contribution >= 0.6 is 27.5 Å². The van der Waals surface area contributed by atoms with E-state index in [0.29, 0.717) is 6.54 Å². The molecule has 1 atom stereocenters. The van der Waals surface area contributed by atoms with E-state index in [-0.39, 0.29) is 6.04 Å². The van der Waals surface area contributed by atoms with Crippen molar-refractivity contribution in [3.05, 3.63) is 63.1 Å². The standard InChI is InChI=1S/C16H18BrClN2/c1-11-3-6-13(7-4-11)20(2)16(10-19)14-9-12(18)5-8-15(14)17/h3-9,16H,10,19H2,1-2H3. The summed E-state index contributed by atoms with van der Waals surface area (Å²) in [6, 6.07) is 14.3. The SMILES string of the molecule is Cc1ccc(N(C)C(CN)c2cc(Cl)ccc2Br)cc1. The highest BCUT2D eigenvalue weighted by Gasteiger charge is 2.18. The Morgan fingerprint density at radius 3 is 2.45 bits per heavy atom. The first-order valence-electron chi connectivity index (χ1n) is 6.47. The van der Waals surface area contributed by atoms with Crippen molar-refractivity contribution in [1.29, 1.82) is 0 Å². The molecule has 0 bridgehead atoms. The second kappa shape index (κ2) is 6.61. The molecule has 0 aliphatic rings. The van der Waals surface area contributed by atoms with Gasteiger partial charge in [0.15, 0.2) is 0 Å². The van der Waals surface area contributed by atoms with Crippen molar-refractivity contribution in [3.8, 4) is 0 Å². The van der Waals surface area contributed by atoms with Crippen molar-refractivity contribution in [3.63, 3.8) is 0 Å². The van der Waals surface area contributed by atoms with Gasteiger partial charge in [0, 0.05) is 28.8 Å². The van der Waals surface area contributed by atoms with Crippen LogP contribution in [0.5, 0.6) is 0 Å². The second-order valence-electron chi connectivity index (χ2n) is 4.86. The topological polar surface area (TPSA) is 29.3 Å². The van der Waals surface area contributed by atoms with Gasteiger partial charge in [0.05, 0.1) is 6.04 Å². The van der Waals surface area contributed by atoms with Crippen molar-refractivity contribution in [1.82, 2.24) is 0 Å². The number of likely N-dealkylation sites (N-methyl/N-ethyl adjacent to an activating group) is 1. The van der Waals surface area contributed by atoms with Crippen LogP contribution in [0.4, 0.5) is 5.69 Å². The molecule has 2 N–H and O–H groups in total. The molecule has 2 nitrogen and oxygen atoms in total. The zero-order chi connectivity index (χ0) is 14.7. The van der Waals surface area contributed by atoms with Gasteiger partial charge in [-0.3, -0.25) is 0 Å². The van der Waals surface area contributed by atoms with E-state index in [1.165, 1.54) is 5.56 Å². The molecule has 0 saturated heterocycles. The summed E-state index contributed by atoms with van der Waals surface area (Å²) in [7, 11) is 2.05. The van der Waals surface area contributed by atoms with Crippen molar-refractivity contribution >= 4 is 33.2 Å². The van der Waals surface area contributed by atoms with Crippen LogP contribution in [0.15, 0.2) is 46.9 Å². The maximum absolute atomic E-state index is 6.11. The van der Waals surface area contributed by atoms with E-state index in [1.54, 1.807) is 0 Å². The van der Waals surface area contributed by atoms with Gasteiger partial charge in [0.2, 0.25) is 0 Å². The third-order valence-corrected chi connectivity index (χ3v) is 4.41. The van der Waals surface area contributed by atoms with Gasteiger partial charge in [0.25, 0.3) is 0 Å². The summed E-state index contributed by atoms with van der Waals surface area (Å²) in [5.74, 6) is 0. The number of benzene rings is 2. The van der Waals surface area contributed by atoms with E-state index in [1.807, 2.05) is 18.2 Å². The molecular weight excluding hydrogens is 336 g/mol. The Bertz CT molecular complexity index is 584. The molecular formula is C16H18BrClN2. The Kier molecular flexibility index (Phi) is 5.08. The molecule has 0 amide bonds. The first-order valence-corrected chi connectivity index (χ1v) is 7.64. The van der Waals surface area contributed by atoms with Crippen LogP contribution in [-0.2, 0) is 0 Å². The molecule has 2 rings (SSSR count). The predicted molar refractivity (Wildman–Crippen MR) is 90.5 cm³/mol. The molecule has 0 saturated carbocycles. The average molecular weight is 354 g/mol. The number of nitrogens with two attached hydrogens (primary N) is 1. The predicted octanol–water partition coefficient (Wildman–Crippen LogP) is 4.55. The smallest absolute Gasteiger partial charge is 0.0673 e. The summed E-state index contributed by atoms with van der Waals surface area (Å²) in [5.41, 5.74) is 9.47. The highest BCUT2D eigenvalue weighted by atomic mass is 79.9. The fourth-order valence-electron chi connectivity index (χ4n) is 2.22. The number of nitrogens with zero attached hydrogens (tertiary/aromatic N) is 1. The summed E-state index contributed by atoms with van der Waals surface area (Å²) in [6.07, 6.45) is 0. The normalized spacial score (nSPS) is 12.2. The molecule has 4 heteroatoms. The van der Waals surface area contributed by atoms with E-state index in [9.17, 15) is 0 Å². The minimum atomic E-state index is 0.0748. The molecule has 0 spiro atoms. The maximum atomic E-state index is 6.11. The van der Waals surface area contributed by atoms with Crippen LogP contribution in [0.1, 0.15) is 17.2 Å². The highest BCUT2D eigenvalue weighted by Crippen LogP contribution is 2.32. The van der Waals surface area contributed by atoms with Crippen LogP contribution in [0.2, 0.25) is 5.02 Å². The summed E-state index contributed by atoms with van der Waals surface area (Å²) >= 11 is 9.69. The number of rotatable bonds is 4. The lowest BCUT2D eigenvalue weighted by molar-refractivity contribution is 0.678. The van der Waals surface area contributed by atoms with Crippen molar-refractivity contribution in [2.24, 2.45) is 5.73 Å². The molecule has 20 heavy (non-hydrogen) atoms. The van der Waals surface area contributed by atoms with Gasteiger partial charge in [-0.1, -0.05) is 45.2 Å². The van der Waals surface area contributed by atoms with Gasteiger partial charge in [0.1, 0.15) is 0 Å². The number of halogens is 2. The Balaban J connectivity index is 2.36. The van der Waals surface area contributed by atoms with Crippen molar-refractivity contribution in [2.45, 2.75) is 13.0 Å². The lowest BCUT2D eigenvalue weighted by Gasteiger charge is -2.30. The van der Waals surface area contributed by atoms with E-state index in [4.69, 9.17) is 17.3 Å². The van der Waals surface area contributed by atoms with E-state index in [0.717, 1.165) is 20.7 Å². The van der Waals surface area contributed by atoms with Crippen LogP contribution in [0.3, 0.4) is 0 Å². The number of anilines is 1. The maximum Gasteiger partial charge on any atom is 0.0673 e. The zero-order valence-electron chi connectivity index (χ0n) is 11.6. The summed E-state index contributed by atoms with van der Waals surface area (Å²) in [4.78, 5) is 2.18. The second-order valence-corrected chi connectivity index (χ2v) is 6.15. The van der Waals surface area contributed by atoms with E-state index >= 15 is 0 Å². The largest absolute Gasteiger partial charge is 0.366 e. The molecule has 0 heterocycles. The summed E-state index contributed by atoms with van der Waals surface area (Å²) in [5, 5.41) is 0.721. The molecule has 1 unspecified atom stereocenters. The quantitative estimate of drug-likeness (QED) is 0.874. The van der Waals surface area contributed by atoms with E-state index < -0.39 is 0 Å². The third-order valence-electron chi connectivity index (χ3n) is 3.45. The van der Waals surface area contributed by atoms with Gasteiger partial charge in [-0.25, -0.2) is 0 Å². The van der Waals surface area contributed by atoms with Gasteiger partial charge in [-0.2, -0.15) is 0 Å². The third kappa shape index (κ3) is 3.35. The van der Waals surface area contributed by atoms with Crippen LogP contribution < -0.4 is 10.6 Å². The summed E-state index contributed by atoms with van der Waals surface area (Å²) in [6.45, 7) is 2.60. The van der Waals surface area contributed by atoms with Gasteiger partial charge < -0.3 is 10.6 Å². The fourth-order valence-corrected chi connectivity index (χ4v) is 2.91. The molecule has 0 aliphatic heterocycles. The molecule has 0 aliphatic carbocycles. The molecule has 2 aromatic carbocycles. The minimum Gasteiger partial charge on any atom is -0.366 e. The minimum absolute atomic E-state index is 0.0748. The molecule has 0 radical (unpaired) electrons. The zero-order valence-corrected chi connectivity index (χ0v) is 13.9. The van der Waals surface area contributed by atoms with Crippen LogP contribution in [0.25, 0.3) is 0 Å². The number of aryl methyl sites for hydroxylation is 1. The highest BCUT2D eigenvalue weighted by molar-refractivity contribution is 9.10. The Hall–Kier alpha value is -1.03. The fraction of sp³-hybridized carbons (Fsp3) is 0.250. The van der Waals surface area contributed by atoms with Gasteiger partial charge >= 0.3 is 0 Å². The van der Waals surface area contributed by atoms with Gasteiger partial charge in [-0.15, -0.1) is 0 Å². The Labute approximate surface area is 133 Å². The first kappa shape index (κ1) is 15.4. The molecule has 0 fully saturated rings. The molecule has 0 aromatic heterocycles. The Morgan fingerprint density at radius 1 is 1.20 bits per heavy atom. The lowest BCUT2D eigenvalue weighted by Crippen LogP contribution is -2.30. The van der Waals surface area contributed by atoms with Crippen LogP contribution in [-0.4, -0.2) is 13.6 Å². The number of hydrogen-bond acceptors (Lipinski definition) is 2. The van der Waals surface area contributed by atoms with Crippen LogP contribution in [0, 0.1) is 6.92 Å². The van der Waals surface area contributed by atoms with E-state index in [2.05, 4.69) is 59.1 Å². The average Bonchev–Trinajstić information content (AvgIpc) is 2.44. The monoisotopic (exact) mass is 352 g/mol. The summed E-state index contributed by atoms with van der Waals surface area (Å²) < 4.78 is 1.02.